The van der Waals surface area contributed by atoms with Crippen LogP contribution in [0.3, 0.4) is 0 Å². The minimum absolute atomic E-state index is 0.00280. The molecule has 1 rings (SSSR count). The molecule has 0 saturated carbocycles. The number of nitrogens with zero attached hydrogens (tertiary/aromatic N) is 1. The van der Waals surface area contributed by atoms with Gasteiger partial charge in [0.1, 0.15) is 54.4 Å². The van der Waals surface area contributed by atoms with Gasteiger partial charge in [-0.25, -0.2) is 4.79 Å². The second kappa shape index (κ2) is 33.7. The molecular formula is C47H83N11O15. The van der Waals surface area contributed by atoms with Crippen LogP contribution in [0.25, 0.3) is 0 Å². The van der Waals surface area contributed by atoms with Gasteiger partial charge in [0, 0.05) is 19.4 Å². The molecule has 0 unspecified atom stereocenters. The van der Waals surface area contributed by atoms with E-state index in [1.165, 1.54) is 4.90 Å². The van der Waals surface area contributed by atoms with Crippen LogP contribution < -0.4 is 54.4 Å². The topological polar surface area (TPSA) is 434 Å². The van der Waals surface area contributed by atoms with Crippen molar-refractivity contribution in [1.29, 1.82) is 0 Å². The lowest BCUT2D eigenvalue weighted by molar-refractivity contribution is -0.144. The van der Waals surface area contributed by atoms with Crippen molar-refractivity contribution < 1.29 is 73.2 Å². The number of nitrogens with one attached hydrogen (secondary N) is 7. The van der Waals surface area contributed by atoms with Gasteiger partial charge < -0.3 is 79.7 Å². The molecule has 1 heterocycles. The Bertz CT molecular complexity index is 1870. The van der Waals surface area contributed by atoms with E-state index in [-0.39, 0.29) is 63.6 Å². The van der Waals surface area contributed by atoms with Crippen molar-refractivity contribution in [3.63, 3.8) is 0 Å². The van der Waals surface area contributed by atoms with Gasteiger partial charge in [0.15, 0.2) is 0 Å². The summed E-state index contributed by atoms with van der Waals surface area (Å²) >= 11 is 0. The highest BCUT2D eigenvalue weighted by molar-refractivity contribution is 5.98. The number of aliphatic carboxylic acids is 3. The first-order chi connectivity index (χ1) is 34.3. The lowest BCUT2D eigenvalue weighted by Crippen LogP contribution is -2.61. The first kappa shape index (κ1) is 65.0. The minimum Gasteiger partial charge on any atom is -0.481 e. The summed E-state index contributed by atoms with van der Waals surface area (Å²) in [5.41, 5.74) is 17.0. The van der Waals surface area contributed by atoms with E-state index in [1.807, 2.05) is 0 Å². The number of hydrogen-bond donors (Lipinski definition) is 14. The zero-order chi connectivity index (χ0) is 55.5. The fourth-order valence-corrected chi connectivity index (χ4v) is 7.98. The number of likely N-dealkylation sites (tertiary alicyclic amines) is 1. The van der Waals surface area contributed by atoms with Gasteiger partial charge in [-0.2, -0.15) is 0 Å². The number of carboxylic acid groups (broad SMARTS) is 3. The van der Waals surface area contributed by atoms with Crippen LogP contribution in [0.1, 0.15) is 131 Å². The van der Waals surface area contributed by atoms with E-state index < -0.39 is 158 Å². The number of aliphatic hydroxyl groups excluding tert-OH is 1. The van der Waals surface area contributed by atoms with Gasteiger partial charge in [-0.1, -0.05) is 41.5 Å². The normalized spacial score (nSPS) is 16.7. The number of carbonyl (C=O) groups is 11. The third kappa shape index (κ3) is 24.1. The Balaban J connectivity index is 3.45. The van der Waals surface area contributed by atoms with Crippen molar-refractivity contribution in [3.05, 3.63) is 0 Å². The van der Waals surface area contributed by atoms with Crippen LogP contribution in [-0.4, -0.2) is 171 Å². The monoisotopic (exact) mass is 1040 g/mol. The van der Waals surface area contributed by atoms with Crippen molar-refractivity contribution in [1.82, 2.24) is 42.1 Å². The first-order valence-corrected chi connectivity index (χ1v) is 25.1. The van der Waals surface area contributed by atoms with Crippen LogP contribution in [0.5, 0.6) is 0 Å². The molecule has 416 valence electrons. The lowest BCUT2D eigenvalue weighted by Gasteiger charge is -2.32. The maximum Gasteiger partial charge on any atom is 0.326 e. The Morgan fingerprint density at radius 2 is 0.945 bits per heavy atom. The van der Waals surface area contributed by atoms with Crippen LogP contribution in [0.4, 0.5) is 0 Å². The van der Waals surface area contributed by atoms with Crippen LogP contribution in [-0.2, 0) is 52.7 Å². The van der Waals surface area contributed by atoms with Gasteiger partial charge >= 0.3 is 17.9 Å². The molecular weight excluding hydrogens is 959 g/mol. The number of carbonyl (C=O) groups excluding carboxylic acids is 8. The molecule has 17 N–H and O–H groups in total. The van der Waals surface area contributed by atoms with Crippen LogP contribution in [0.2, 0.25) is 0 Å². The summed E-state index contributed by atoms with van der Waals surface area (Å²) in [5, 5.41) is 55.8. The predicted molar refractivity (Wildman–Crippen MR) is 264 cm³/mol. The molecule has 1 aliphatic heterocycles. The van der Waals surface area contributed by atoms with Gasteiger partial charge in [-0.05, 0) is 108 Å². The number of amides is 8. The first-order valence-electron chi connectivity index (χ1n) is 25.1. The number of nitrogens with two attached hydrogens (primary N) is 3. The number of rotatable bonds is 36. The largest absolute Gasteiger partial charge is 0.481 e. The fraction of sp³-hybridized carbons (Fsp3) is 0.766. The van der Waals surface area contributed by atoms with E-state index in [1.54, 1.807) is 41.5 Å². The van der Waals surface area contributed by atoms with E-state index in [2.05, 4.69) is 37.2 Å². The number of carboxylic acids is 3. The van der Waals surface area contributed by atoms with Gasteiger partial charge in [0.05, 0.1) is 6.61 Å². The predicted octanol–water partition coefficient (Wildman–Crippen LogP) is -2.49. The molecule has 1 aliphatic rings. The smallest absolute Gasteiger partial charge is 0.326 e. The van der Waals surface area contributed by atoms with Crippen molar-refractivity contribution in [3.8, 4) is 0 Å². The third-order valence-corrected chi connectivity index (χ3v) is 12.0. The Hall–Kier alpha value is -5.99. The molecule has 73 heavy (non-hydrogen) atoms. The average Bonchev–Trinajstić information content (AvgIpc) is 3.81. The molecule has 8 amide bonds. The summed E-state index contributed by atoms with van der Waals surface area (Å²) in [4.78, 5) is 146. The third-order valence-electron chi connectivity index (χ3n) is 12.0. The highest BCUT2D eigenvalue weighted by Crippen LogP contribution is 2.21. The van der Waals surface area contributed by atoms with Crippen molar-refractivity contribution in [2.45, 2.75) is 186 Å². The van der Waals surface area contributed by atoms with Crippen LogP contribution in [0.15, 0.2) is 0 Å². The Morgan fingerprint density at radius 1 is 0.534 bits per heavy atom. The van der Waals surface area contributed by atoms with E-state index in [0.29, 0.717) is 32.1 Å². The maximum atomic E-state index is 14.3. The molecule has 0 aromatic carbocycles. The van der Waals surface area contributed by atoms with Crippen molar-refractivity contribution in [2.75, 3.05) is 26.2 Å². The summed E-state index contributed by atoms with van der Waals surface area (Å²) in [7, 11) is 0. The molecule has 0 radical (unpaired) electrons. The SMILES string of the molecule is CC(C)C[C@H](NC(=O)[C@H](CCC(=O)O)NC(=O)[C@H](CCCCN)NC(=O)[C@@H](NC(=O)[C@@H]1CCCN1C(=O)[C@H](CCC(=O)O)NC(=O)[C@H](CCCCN)NC(=O)[C@H](CC(C)C)NC(=O)[C@@H](N)CO)C(C)C)C(=O)O. The summed E-state index contributed by atoms with van der Waals surface area (Å²) in [6.07, 6.45) is 0.135. The van der Waals surface area contributed by atoms with Crippen molar-refractivity contribution in [2.24, 2.45) is 35.0 Å². The van der Waals surface area contributed by atoms with Gasteiger partial charge in [0.25, 0.3) is 0 Å². The number of hydrogen-bond acceptors (Lipinski definition) is 15. The molecule has 1 saturated heterocycles. The molecule has 26 heteroatoms. The summed E-state index contributed by atoms with van der Waals surface area (Å²) in [6.45, 7) is 10.1. The zero-order valence-electron chi connectivity index (χ0n) is 43.1. The Labute approximate surface area is 426 Å². The molecule has 0 aliphatic carbocycles. The molecule has 0 aromatic heterocycles. The minimum atomic E-state index is -1.51. The standard InChI is InChI=1S/C47H83N11O15/c1-25(2)22-33(55-39(64)28(50)24-59)43(68)51-29(12-7-9-19-48)41(66)54-32(16-18-37(62)63)46(71)58-21-11-14-35(58)44(69)57-38(27(5)6)45(70)53-30(13-8-10-20-49)40(65)52-31(15-17-36(60)61)42(67)56-34(47(72)73)23-26(3)4/h25-35,38,59H,7-24,48-50H2,1-6H3,(H,51,68)(H,52,65)(H,53,70)(H,54,66)(H,55,64)(H,56,67)(H,57,69)(H,60,61)(H,62,63)(H,72,73)/t28-,29-,30-,31-,32-,33-,34-,35-,38-/m0/s1. The molecule has 0 bridgehead atoms. The summed E-state index contributed by atoms with van der Waals surface area (Å²) < 4.78 is 0. The quantitative estimate of drug-likeness (QED) is 0.0289. The zero-order valence-corrected chi connectivity index (χ0v) is 43.1. The van der Waals surface area contributed by atoms with Crippen molar-refractivity contribution >= 4 is 65.2 Å². The molecule has 1 fully saturated rings. The maximum absolute atomic E-state index is 14.3. The second-order valence-corrected chi connectivity index (χ2v) is 19.6. The highest BCUT2D eigenvalue weighted by atomic mass is 16.4. The molecule has 0 spiro atoms. The fourth-order valence-electron chi connectivity index (χ4n) is 7.98. The highest BCUT2D eigenvalue weighted by Gasteiger charge is 2.41. The molecule has 26 nitrogen and oxygen atoms in total. The number of unbranched alkanes of at least 4 members (excludes halogenated alkanes) is 2. The van der Waals surface area contributed by atoms with E-state index in [9.17, 15) is 73.2 Å². The summed E-state index contributed by atoms with van der Waals surface area (Å²) in [6, 6.07) is -12.0. The van der Waals surface area contributed by atoms with E-state index in [4.69, 9.17) is 17.2 Å². The molecule has 0 aromatic rings. The van der Waals surface area contributed by atoms with Gasteiger partial charge in [-0.15, -0.1) is 0 Å². The Morgan fingerprint density at radius 3 is 1.38 bits per heavy atom. The summed E-state index contributed by atoms with van der Waals surface area (Å²) in [5.74, 6) is -11.5. The number of aliphatic hydroxyl groups is 1. The van der Waals surface area contributed by atoms with Crippen LogP contribution >= 0.6 is 0 Å². The van der Waals surface area contributed by atoms with E-state index in [0.717, 1.165) is 0 Å². The Kier molecular flexibility index (Phi) is 30.0. The lowest BCUT2D eigenvalue weighted by atomic mass is 10.00. The average molecular weight is 1040 g/mol. The molecule has 9 atom stereocenters. The van der Waals surface area contributed by atoms with Gasteiger partial charge in [0.2, 0.25) is 47.3 Å². The second-order valence-electron chi connectivity index (χ2n) is 19.6. The van der Waals surface area contributed by atoms with Gasteiger partial charge in [-0.3, -0.25) is 47.9 Å². The van der Waals surface area contributed by atoms with E-state index >= 15 is 0 Å². The van der Waals surface area contributed by atoms with Crippen LogP contribution in [0, 0.1) is 17.8 Å².